The standard InChI is InChI=1S/C14H19ClN2O4S/c15-11-3-5-13(6-4-11)22(20,21)16-12-7-9-17(10-12)8-1-2-14(18)19/h3-6,12,16H,1-2,7-10H2,(H,18,19). The maximum absolute atomic E-state index is 12.3. The van der Waals surface area contributed by atoms with Crippen LogP contribution in [0.4, 0.5) is 0 Å². The minimum atomic E-state index is -3.55. The Kier molecular flexibility index (Phi) is 5.80. The van der Waals surface area contributed by atoms with Crippen LogP contribution in [0.15, 0.2) is 29.2 Å². The second kappa shape index (κ2) is 7.41. The quantitative estimate of drug-likeness (QED) is 0.782. The summed E-state index contributed by atoms with van der Waals surface area (Å²) >= 11 is 5.76. The number of carboxylic acid groups (broad SMARTS) is 1. The number of carbonyl (C=O) groups is 1. The number of sulfonamides is 1. The van der Waals surface area contributed by atoms with E-state index in [4.69, 9.17) is 16.7 Å². The molecule has 0 saturated carbocycles. The molecule has 1 saturated heterocycles. The van der Waals surface area contributed by atoms with Gasteiger partial charge in [0.1, 0.15) is 0 Å². The van der Waals surface area contributed by atoms with Crippen molar-refractivity contribution in [3.05, 3.63) is 29.3 Å². The molecule has 1 heterocycles. The van der Waals surface area contributed by atoms with Crippen LogP contribution in [-0.2, 0) is 14.8 Å². The van der Waals surface area contributed by atoms with Crippen LogP contribution in [0.25, 0.3) is 0 Å². The van der Waals surface area contributed by atoms with Crippen molar-refractivity contribution in [2.24, 2.45) is 0 Å². The third-order valence-corrected chi connectivity index (χ3v) is 5.37. The molecule has 0 amide bonds. The van der Waals surface area contributed by atoms with Gasteiger partial charge in [0.05, 0.1) is 4.90 Å². The van der Waals surface area contributed by atoms with Gasteiger partial charge in [-0.25, -0.2) is 13.1 Å². The third-order valence-electron chi connectivity index (χ3n) is 3.58. The average Bonchev–Trinajstić information content (AvgIpc) is 2.85. The highest BCUT2D eigenvalue weighted by molar-refractivity contribution is 7.89. The number of halogens is 1. The van der Waals surface area contributed by atoms with Crippen LogP contribution in [0.3, 0.4) is 0 Å². The highest BCUT2D eigenvalue weighted by Gasteiger charge is 2.27. The van der Waals surface area contributed by atoms with Crippen LogP contribution >= 0.6 is 11.6 Å². The minimum Gasteiger partial charge on any atom is -0.481 e. The van der Waals surface area contributed by atoms with E-state index in [1.165, 1.54) is 12.1 Å². The number of aliphatic carboxylic acids is 1. The fourth-order valence-corrected chi connectivity index (χ4v) is 3.87. The van der Waals surface area contributed by atoms with Crippen LogP contribution in [0.5, 0.6) is 0 Å². The molecule has 1 aliphatic rings. The highest BCUT2D eigenvalue weighted by atomic mass is 35.5. The molecule has 8 heteroatoms. The fraction of sp³-hybridized carbons (Fsp3) is 0.500. The average molecular weight is 347 g/mol. The van der Waals surface area contributed by atoms with Crippen LogP contribution in [0.2, 0.25) is 5.02 Å². The Morgan fingerprint density at radius 1 is 1.36 bits per heavy atom. The lowest BCUT2D eigenvalue weighted by atomic mass is 10.3. The molecular weight excluding hydrogens is 328 g/mol. The molecule has 0 radical (unpaired) electrons. The highest BCUT2D eigenvalue weighted by Crippen LogP contribution is 2.17. The molecule has 1 aromatic rings. The molecule has 6 nitrogen and oxygen atoms in total. The monoisotopic (exact) mass is 346 g/mol. The van der Waals surface area contributed by atoms with Crippen LogP contribution in [-0.4, -0.2) is 50.1 Å². The van der Waals surface area contributed by atoms with E-state index in [2.05, 4.69) is 9.62 Å². The number of hydrogen-bond donors (Lipinski definition) is 2. The Morgan fingerprint density at radius 2 is 2.05 bits per heavy atom. The van der Waals surface area contributed by atoms with Gasteiger partial charge in [0, 0.05) is 24.0 Å². The molecule has 1 aromatic carbocycles. The summed E-state index contributed by atoms with van der Waals surface area (Å²) in [6, 6.07) is 5.89. The molecule has 0 spiro atoms. The van der Waals surface area contributed by atoms with Gasteiger partial charge in [-0.2, -0.15) is 0 Å². The molecule has 0 aromatic heterocycles. The van der Waals surface area contributed by atoms with Crippen molar-refractivity contribution in [3.63, 3.8) is 0 Å². The van der Waals surface area contributed by atoms with Crippen molar-refractivity contribution in [3.8, 4) is 0 Å². The zero-order valence-corrected chi connectivity index (χ0v) is 13.6. The summed E-state index contributed by atoms with van der Waals surface area (Å²) in [5.41, 5.74) is 0. The van der Waals surface area contributed by atoms with Crippen LogP contribution in [0, 0.1) is 0 Å². The van der Waals surface area contributed by atoms with Gasteiger partial charge in [-0.15, -0.1) is 0 Å². The Balaban J connectivity index is 1.86. The number of rotatable bonds is 7. The molecule has 1 fully saturated rings. The molecule has 22 heavy (non-hydrogen) atoms. The van der Waals surface area contributed by atoms with Gasteiger partial charge in [0.2, 0.25) is 10.0 Å². The van der Waals surface area contributed by atoms with E-state index in [-0.39, 0.29) is 17.4 Å². The van der Waals surface area contributed by atoms with Crippen LogP contribution < -0.4 is 4.72 Å². The first-order chi connectivity index (χ1) is 10.4. The Bertz CT molecular complexity index is 618. The molecule has 0 bridgehead atoms. The first-order valence-electron chi connectivity index (χ1n) is 7.09. The van der Waals surface area contributed by atoms with E-state index in [0.717, 1.165) is 13.0 Å². The van der Waals surface area contributed by atoms with Crippen molar-refractivity contribution in [1.82, 2.24) is 9.62 Å². The zero-order chi connectivity index (χ0) is 16.2. The zero-order valence-electron chi connectivity index (χ0n) is 12.0. The largest absolute Gasteiger partial charge is 0.481 e. The SMILES string of the molecule is O=C(O)CCCN1CCC(NS(=O)(=O)c2ccc(Cl)cc2)C1. The topological polar surface area (TPSA) is 86.7 Å². The van der Waals surface area contributed by atoms with Gasteiger partial charge in [0.25, 0.3) is 0 Å². The predicted molar refractivity (Wildman–Crippen MR) is 83.5 cm³/mol. The normalized spacial score (nSPS) is 19.4. The summed E-state index contributed by atoms with van der Waals surface area (Å²) in [5, 5.41) is 9.11. The van der Waals surface area contributed by atoms with Gasteiger partial charge in [0.15, 0.2) is 0 Å². The maximum atomic E-state index is 12.3. The summed E-state index contributed by atoms with van der Waals surface area (Å²) < 4.78 is 27.2. The van der Waals surface area contributed by atoms with E-state index < -0.39 is 16.0 Å². The van der Waals surface area contributed by atoms with E-state index in [0.29, 0.717) is 24.5 Å². The molecule has 2 rings (SSSR count). The summed E-state index contributed by atoms with van der Waals surface area (Å²) in [6.07, 6.45) is 1.43. The molecular formula is C14H19ClN2O4S. The molecule has 1 aliphatic heterocycles. The lowest BCUT2D eigenvalue weighted by Gasteiger charge is -2.16. The van der Waals surface area contributed by atoms with Gasteiger partial charge < -0.3 is 10.0 Å². The molecule has 1 unspecified atom stereocenters. The van der Waals surface area contributed by atoms with Gasteiger partial charge in [-0.1, -0.05) is 11.6 Å². The van der Waals surface area contributed by atoms with Gasteiger partial charge in [-0.3, -0.25) is 4.79 Å². The molecule has 0 aliphatic carbocycles. The fourth-order valence-electron chi connectivity index (χ4n) is 2.49. The molecule has 2 N–H and O–H groups in total. The number of nitrogens with one attached hydrogen (secondary N) is 1. The van der Waals surface area contributed by atoms with E-state index in [1.807, 2.05) is 0 Å². The van der Waals surface area contributed by atoms with Gasteiger partial charge in [-0.05, 0) is 50.2 Å². The Hall–Kier alpha value is -1.15. The number of nitrogens with zero attached hydrogens (tertiary/aromatic N) is 1. The summed E-state index contributed by atoms with van der Waals surface area (Å²) in [7, 11) is -3.55. The van der Waals surface area contributed by atoms with E-state index in [1.54, 1.807) is 12.1 Å². The number of benzene rings is 1. The number of hydrogen-bond acceptors (Lipinski definition) is 4. The molecule has 1 atom stereocenters. The van der Waals surface area contributed by atoms with Crippen molar-refractivity contribution in [2.75, 3.05) is 19.6 Å². The molecule has 122 valence electrons. The first kappa shape index (κ1) is 17.2. The number of carboxylic acids is 1. The van der Waals surface area contributed by atoms with Crippen molar-refractivity contribution in [1.29, 1.82) is 0 Å². The minimum absolute atomic E-state index is 0.137. The predicted octanol–water partition coefficient (Wildman–Crippen LogP) is 1.56. The van der Waals surface area contributed by atoms with E-state index in [9.17, 15) is 13.2 Å². The second-order valence-electron chi connectivity index (χ2n) is 5.36. The Labute approximate surface area is 135 Å². The van der Waals surface area contributed by atoms with Crippen molar-refractivity contribution < 1.29 is 18.3 Å². The maximum Gasteiger partial charge on any atom is 0.303 e. The van der Waals surface area contributed by atoms with Crippen LogP contribution in [0.1, 0.15) is 19.3 Å². The van der Waals surface area contributed by atoms with Gasteiger partial charge >= 0.3 is 5.97 Å². The Morgan fingerprint density at radius 3 is 2.68 bits per heavy atom. The third kappa shape index (κ3) is 4.95. The lowest BCUT2D eigenvalue weighted by Crippen LogP contribution is -2.37. The van der Waals surface area contributed by atoms with Crippen molar-refractivity contribution >= 4 is 27.6 Å². The summed E-state index contributed by atoms with van der Waals surface area (Å²) in [4.78, 5) is 12.8. The van der Waals surface area contributed by atoms with Crippen molar-refractivity contribution in [2.45, 2.75) is 30.2 Å². The summed E-state index contributed by atoms with van der Waals surface area (Å²) in [5.74, 6) is -0.806. The summed E-state index contributed by atoms with van der Waals surface area (Å²) in [6.45, 7) is 2.05. The smallest absolute Gasteiger partial charge is 0.303 e. The first-order valence-corrected chi connectivity index (χ1v) is 8.95. The second-order valence-corrected chi connectivity index (χ2v) is 7.51. The number of likely N-dealkylation sites (tertiary alicyclic amines) is 1. The lowest BCUT2D eigenvalue weighted by molar-refractivity contribution is -0.137. The van der Waals surface area contributed by atoms with E-state index >= 15 is 0 Å².